The van der Waals surface area contributed by atoms with E-state index in [-0.39, 0.29) is 12.3 Å². The van der Waals surface area contributed by atoms with Crippen LogP contribution in [0.2, 0.25) is 5.02 Å². The lowest BCUT2D eigenvalue weighted by Crippen LogP contribution is -2.19. The molecule has 1 amide bonds. The Morgan fingerprint density at radius 2 is 1.84 bits per heavy atom. The lowest BCUT2D eigenvalue weighted by atomic mass is 10.1. The smallest absolute Gasteiger partial charge is 0.244 e. The lowest BCUT2D eigenvalue weighted by Gasteiger charge is -2.09. The molecule has 1 heterocycles. The van der Waals surface area contributed by atoms with Gasteiger partial charge in [0.2, 0.25) is 5.91 Å². The fraction of sp³-hybridized carbons (Fsp3) is 0.120. The molecule has 0 radical (unpaired) electrons. The molecule has 31 heavy (non-hydrogen) atoms. The fourth-order valence-corrected chi connectivity index (χ4v) is 4.12. The molecule has 156 valence electrons. The molecule has 6 heteroatoms. The highest BCUT2D eigenvalue weighted by Gasteiger charge is 2.13. The minimum absolute atomic E-state index is 0.154. The Morgan fingerprint density at radius 1 is 1.06 bits per heavy atom. The zero-order chi connectivity index (χ0) is 21.8. The van der Waals surface area contributed by atoms with Crippen LogP contribution in [-0.2, 0) is 17.8 Å². The van der Waals surface area contributed by atoms with E-state index in [1.165, 1.54) is 0 Å². The van der Waals surface area contributed by atoms with Gasteiger partial charge in [0, 0.05) is 38.2 Å². The predicted molar refractivity (Wildman–Crippen MR) is 131 cm³/mol. The lowest BCUT2D eigenvalue weighted by molar-refractivity contribution is -0.120. The summed E-state index contributed by atoms with van der Waals surface area (Å²) in [5, 5.41) is 6.05. The van der Waals surface area contributed by atoms with Gasteiger partial charge < -0.3 is 4.57 Å². The van der Waals surface area contributed by atoms with E-state index in [1.807, 2.05) is 54.6 Å². The Hall–Kier alpha value is -2.89. The van der Waals surface area contributed by atoms with Crippen molar-refractivity contribution in [3.63, 3.8) is 0 Å². The highest BCUT2D eigenvalue weighted by Crippen LogP contribution is 2.26. The van der Waals surface area contributed by atoms with Crippen LogP contribution >= 0.6 is 27.5 Å². The summed E-state index contributed by atoms with van der Waals surface area (Å²) in [4.78, 5) is 12.3. The van der Waals surface area contributed by atoms with Gasteiger partial charge in [0.05, 0.1) is 12.6 Å². The van der Waals surface area contributed by atoms with Crippen LogP contribution in [0.1, 0.15) is 22.4 Å². The summed E-state index contributed by atoms with van der Waals surface area (Å²) in [6, 6.07) is 23.8. The largest absolute Gasteiger partial charge is 0.340 e. The number of aromatic nitrogens is 1. The number of carbonyl (C=O) groups excluding carboxylic acids is 1. The Labute approximate surface area is 194 Å². The van der Waals surface area contributed by atoms with Gasteiger partial charge in [0.15, 0.2) is 0 Å². The van der Waals surface area contributed by atoms with E-state index in [0.29, 0.717) is 6.54 Å². The zero-order valence-electron chi connectivity index (χ0n) is 17.0. The minimum Gasteiger partial charge on any atom is -0.340 e. The molecule has 0 fully saturated rings. The summed E-state index contributed by atoms with van der Waals surface area (Å²) in [7, 11) is 0. The highest BCUT2D eigenvalue weighted by atomic mass is 79.9. The molecule has 0 saturated carbocycles. The number of amides is 1. The van der Waals surface area contributed by atoms with Crippen molar-refractivity contribution in [1.29, 1.82) is 0 Å². The first kappa shape index (κ1) is 21.3. The van der Waals surface area contributed by atoms with Gasteiger partial charge in [-0.2, -0.15) is 5.10 Å². The van der Waals surface area contributed by atoms with Gasteiger partial charge in [-0.05, 0) is 48.4 Å². The normalized spacial score (nSPS) is 11.3. The SMILES string of the molecule is Cc1c(/C=N/NC(=O)Cc2ccc(Br)cc2)c2ccccc2n1Cc1cccc(Cl)c1. The van der Waals surface area contributed by atoms with Gasteiger partial charge >= 0.3 is 0 Å². The molecule has 0 aliphatic carbocycles. The standard InChI is InChI=1S/C25H21BrClN3O/c1-17-23(15-28-29-25(31)14-18-9-11-20(26)12-10-18)22-7-2-3-8-24(22)30(17)16-19-5-4-6-21(27)13-19/h2-13,15H,14,16H2,1H3,(H,29,31)/b28-15+. The van der Waals surface area contributed by atoms with E-state index >= 15 is 0 Å². The molecule has 3 aromatic carbocycles. The van der Waals surface area contributed by atoms with Crippen molar-refractivity contribution < 1.29 is 4.79 Å². The van der Waals surface area contributed by atoms with Crippen molar-refractivity contribution in [2.24, 2.45) is 5.10 Å². The molecule has 1 N–H and O–H groups in total. The summed E-state index contributed by atoms with van der Waals surface area (Å²) in [6.07, 6.45) is 2.01. The number of nitrogens with zero attached hydrogens (tertiary/aromatic N) is 2. The van der Waals surface area contributed by atoms with Crippen LogP contribution in [-0.4, -0.2) is 16.7 Å². The van der Waals surface area contributed by atoms with Crippen molar-refractivity contribution in [3.05, 3.63) is 105 Å². The van der Waals surface area contributed by atoms with Gasteiger partial charge in [-0.25, -0.2) is 5.43 Å². The summed E-state index contributed by atoms with van der Waals surface area (Å²) in [5.41, 5.74) is 7.88. The van der Waals surface area contributed by atoms with Crippen LogP contribution < -0.4 is 5.43 Å². The monoisotopic (exact) mass is 493 g/mol. The highest BCUT2D eigenvalue weighted by molar-refractivity contribution is 9.10. The third-order valence-electron chi connectivity index (χ3n) is 5.17. The number of benzene rings is 3. The van der Waals surface area contributed by atoms with Gasteiger partial charge in [0.25, 0.3) is 0 Å². The van der Waals surface area contributed by atoms with Crippen molar-refractivity contribution in [3.8, 4) is 0 Å². The second-order valence-electron chi connectivity index (χ2n) is 7.33. The zero-order valence-corrected chi connectivity index (χ0v) is 19.3. The second-order valence-corrected chi connectivity index (χ2v) is 8.68. The average molecular weight is 495 g/mol. The Bertz CT molecular complexity index is 1260. The molecule has 0 aliphatic heterocycles. The molecular weight excluding hydrogens is 474 g/mol. The quantitative estimate of drug-likeness (QED) is 0.255. The third kappa shape index (κ3) is 5.06. The number of nitrogens with one attached hydrogen (secondary N) is 1. The predicted octanol–water partition coefficient (Wildman–Crippen LogP) is 6.11. The van der Waals surface area contributed by atoms with E-state index < -0.39 is 0 Å². The van der Waals surface area contributed by atoms with Gasteiger partial charge in [-0.15, -0.1) is 0 Å². The Kier molecular flexibility index (Phi) is 6.54. The number of fused-ring (bicyclic) bond motifs is 1. The second kappa shape index (κ2) is 9.50. The molecule has 4 nitrogen and oxygen atoms in total. The van der Waals surface area contributed by atoms with Crippen molar-refractivity contribution in [1.82, 2.24) is 9.99 Å². The van der Waals surface area contributed by atoms with Gasteiger partial charge in [-0.1, -0.05) is 70.0 Å². The fourth-order valence-electron chi connectivity index (χ4n) is 3.64. The van der Waals surface area contributed by atoms with E-state index in [9.17, 15) is 4.79 Å². The molecule has 0 atom stereocenters. The average Bonchev–Trinajstić information content (AvgIpc) is 3.01. The first-order chi connectivity index (χ1) is 15.0. The molecule has 0 aliphatic rings. The number of hydrogen-bond acceptors (Lipinski definition) is 2. The summed E-state index contributed by atoms with van der Waals surface area (Å²) < 4.78 is 3.23. The third-order valence-corrected chi connectivity index (χ3v) is 5.93. The molecule has 0 spiro atoms. The van der Waals surface area contributed by atoms with Crippen molar-refractivity contribution >= 4 is 50.6 Å². The number of para-hydroxylation sites is 1. The minimum atomic E-state index is -0.154. The van der Waals surface area contributed by atoms with Crippen LogP contribution in [0.3, 0.4) is 0 Å². The summed E-state index contributed by atoms with van der Waals surface area (Å²) >= 11 is 9.56. The Morgan fingerprint density at radius 3 is 2.61 bits per heavy atom. The maximum atomic E-state index is 12.3. The first-order valence-corrected chi connectivity index (χ1v) is 11.1. The van der Waals surface area contributed by atoms with Crippen LogP contribution in [0.15, 0.2) is 82.4 Å². The number of carbonyl (C=O) groups is 1. The van der Waals surface area contributed by atoms with E-state index in [1.54, 1.807) is 6.21 Å². The Balaban J connectivity index is 1.55. The maximum absolute atomic E-state index is 12.3. The summed E-state index contributed by atoms with van der Waals surface area (Å²) in [6.45, 7) is 2.77. The maximum Gasteiger partial charge on any atom is 0.244 e. The van der Waals surface area contributed by atoms with E-state index in [2.05, 4.69) is 56.1 Å². The van der Waals surface area contributed by atoms with Crippen molar-refractivity contribution in [2.75, 3.05) is 0 Å². The van der Waals surface area contributed by atoms with Crippen LogP contribution in [0.5, 0.6) is 0 Å². The molecule has 0 saturated heterocycles. The van der Waals surface area contributed by atoms with Crippen molar-refractivity contribution in [2.45, 2.75) is 19.9 Å². The van der Waals surface area contributed by atoms with Crippen LogP contribution in [0, 0.1) is 6.92 Å². The number of halogens is 2. The number of hydrogen-bond donors (Lipinski definition) is 1. The van der Waals surface area contributed by atoms with E-state index in [4.69, 9.17) is 11.6 Å². The van der Waals surface area contributed by atoms with Gasteiger partial charge in [0.1, 0.15) is 0 Å². The van der Waals surface area contributed by atoms with Crippen LogP contribution in [0.4, 0.5) is 0 Å². The molecule has 4 rings (SSSR count). The van der Waals surface area contributed by atoms with E-state index in [0.717, 1.165) is 42.8 Å². The molecule has 0 unspecified atom stereocenters. The molecule has 1 aromatic heterocycles. The van der Waals surface area contributed by atoms with Crippen LogP contribution in [0.25, 0.3) is 10.9 Å². The summed E-state index contributed by atoms with van der Waals surface area (Å²) in [5.74, 6) is -0.154. The number of rotatable bonds is 6. The molecular formula is C25H21BrClN3O. The molecule has 0 bridgehead atoms. The topological polar surface area (TPSA) is 46.4 Å². The molecule has 4 aromatic rings. The number of hydrazone groups is 1. The first-order valence-electron chi connectivity index (χ1n) is 9.90. The van der Waals surface area contributed by atoms with Gasteiger partial charge in [-0.3, -0.25) is 4.79 Å².